The van der Waals surface area contributed by atoms with Crippen LogP contribution >= 0.6 is 0 Å². The SMILES string of the molecule is O=C(CCCOc1ccccc1[N+](=O)[O-])Nc1ccc(F)cc1. The van der Waals surface area contributed by atoms with Gasteiger partial charge in [-0.15, -0.1) is 0 Å². The molecule has 0 bridgehead atoms. The van der Waals surface area contributed by atoms with Gasteiger partial charge >= 0.3 is 5.69 Å². The van der Waals surface area contributed by atoms with E-state index in [9.17, 15) is 19.3 Å². The molecule has 1 N–H and O–H groups in total. The molecule has 0 radical (unpaired) electrons. The normalized spacial score (nSPS) is 10.1. The lowest BCUT2D eigenvalue weighted by Gasteiger charge is -2.07. The quantitative estimate of drug-likeness (QED) is 0.481. The highest BCUT2D eigenvalue weighted by atomic mass is 19.1. The smallest absolute Gasteiger partial charge is 0.310 e. The summed E-state index contributed by atoms with van der Waals surface area (Å²) in [6.07, 6.45) is 0.594. The van der Waals surface area contributed by atoms with Gasteiger partial charge < -0.3 is 10.1 Å². The van der Waals surface area contributed by atoms with Crippen molar-refractivity contribution in [2.45, 2.75) is 12.8 Å². The molecule has 23 heavy (non-hydrogen) atoms. The highest BCUT2D eigenvalue weighted by Gasteiger charge is 2.13. The average molecular weight is 318 g/mol. The Morgan fingerprint density at radius 3 is 2.57 bits per heavy atom. The van der Waals surface area contributed by atoms with E-state index in [0.29, 0.717) is 12.1 Å². The summed E-state index contributed by atoms with van der Waals surface area (Å²) in [5.41, 5.74) is 0.402. The molecule has 0 aliphatic carbocycles. The summed E-state index contributed by atoms with van der Waals surface area (Å²) in [5.74, 6) is -0.430. The van der Waals surface area contributed by atoms with Crippen molar-refractivity contribution >= 4 is 17.3 Å². The van der Waals surface area contributed by atoms with Crippen molar-refractivity contribution in [1.29, 1.82) is 0 Å². The van der Waals surface area contributed by atoms with Crippen molar-refractivity contribution in [2.75, 3.05) is 11.9 Å². The maximum absolute atomic E-state index is 12.7. The maximum atomic E-state index is 12.7. The Kier molecular flexibility index (Phi) is 5.62. The fourth-order valence-corrected chi connectivity index (χ4v) is 1.90. The zero-order chi connectivity index (χ0) is 16.7. The third kappa shape index (κ3) is 5.06. The van der Waals surface area contributed by atoms with Gasteiger partial charge in [0, 0.05) is 18.2 Å². The van der Waals surface area contributed by atoms with Crippen molar-refractivity contribution in [2.24, 2.45) is 0 Å². The molecule has 0 unspecified atom stereocenters. The molecular weight excluding hydrogens is 303 g/mol. The highest BCUT2D eigenvalue weighted by Crippen LogP contribution is 2.25. The molecule has 0 aromatic heterocycles. The zero-order valence-corrected chi connectivity index (χ0v) is 12.2. The Hall–Kier alpha value is -2.96. The van der Waals surface area contributed by atoms with E-state index in [2.05, 4.69) is 5.32 Å². The van der Waals surface area contributed by atoms with E-state index in [-0.39, 0.29) is 36.2 Å². The first-order chi connectivity index (χ1) is 11.1. The standard InChI is InChI=1S/C16H15FN2O4/c17-12-7-9-13(10-8-12)18-16(20)6-3-11-23-15-5-2-1-4-14(15)19(21)22/h1-2,4-5,7-10H,3,6,11H2,(H,18,20). The Morgan fingerprint density at radius 2 is 1.87 bits per heavy atom. The van der Waals surface area contributed by atoms with E-state index in [1.165, 1.54) is 36.4 Å². The van der Waals surface area contributed by atoms with Crippen molar-refractivity contribution in [3.8, 4) is 5.75 Å². The van der Waals surface area contributed by atoms with Crippen molar-refractivity contribution in [1.82, 2.24) is 0 Å². The summed E-state index contributed by atoms with van der Waals surface area (Å²) >= 11 is 0. The van der Waals surface area contributed by atoms with Gasteiger partial charge in [-0.1, -0.05) is 12.1 Å². The van der Waals surface area contributed by atoms with Crippen LogP contribution in [0.4, 0.5) is 15.8 Å². The lowest BCUT2D eigenvalue weighted by molar-refractivity contribution is -0.385. The lowest BCUT2D eigenvalue weighted by atomic mass is 10.2. The number of nitro groups is 1. The maximum Gasteiger partial charge on any atom is 0.310 e. The summed E-state index contributed by atoms with van der Waals surface area (Å²) in [4.78, 5) is 22.0. The largest absolute Gasteiger partial charge is 0.487 e. The molecule has 0 spiro atoms. The van der Waals surface area contributed by atoms with E-state index < -0.39 is 4.92 Å². The molecule has 0 atom stereocenters. The van der Waals surface area contributed by atoms with Crippen LogP contribution in [0.25, 0.3) is 0 Å². The van der Waals surface area contributed by atoms with Crippen LogP contribution in [0.2, 0.25) is 0 Å². The molecule has 2 aromatic carbocycles. The first-order valence-electron chi connectivity index (χ1n) is 6.98. The molecule has 0 aliphatic rings. The number of carbonyl (C=O) groups excluding carboxylic acids is 1. The fraction of sp³-hybridized carbons (Fsp3) is 0.188. The van der Waals surface area contributed by atoms with Crippen molar-refractivity contribution in [3.05, 3.63) is 64.5 Å². The number of nitrogens with one attached hydrogen (secondary N) is 1. The molecule has 1 amide bonds. The van der Waals surface area contributed by atoms with E-state index >= 15 is 0 Å². The number of ether oxygens (including phenoxy) is 1. The number of amides is 1. The number of carbonyl (C=O) groups is 1. The van der Waals surface area contributed by atoms with Gasteiger partial charge in [-0.05, 0) is 36.8 Å². The van der Waals surface area contributed by atoms with Crippen LogP contribution in [-0.2, 0) is 4.79 Å². The average Bonchev–Trinajstić information content (AvgIpc) is 2.54. The summed E-state index contributed by atoms with van der Waals surface area (Å²) in [7, 11) is 0. The van der Waals surface area contributed by atoms with Gasteiger partial charge in [0.15, 0.2) is 5.75 Å². The number of nitrogens with zero attached hydrogens (tertiary/aromatic N) is 1. The number of hydrogen-bond acceptors (Lipinski definition) is 4. The predicted octanol–water partition coefficient (Wildman–Crippen LogP) is 3.53. The van der Waals surface area contributed by atoms with Crippen LogP contribution in [0.3, 0.4) is 0 Å². The van der Waals surface area contributed by atoms with Gasteiger partial charge in [0.2, 0.25) is 5.91 Å². The van der Waals surface area contributed by atoms with Gasteiger partial charge in [0.05, 0.1) is 11.5 Å². The van der Waals surface area contributed by atoms with E-state index in [4.69, 9.17) is 4.74 Å². The van der Waals surface area contributed by atoms with Gasteiger partial charge in [-0.25, -0.2) is 4.39 Å². The van der Waals surface area contributed by atoms with Gasteiger partial charge in [-0.2, -0.15) is 0 Å². The second-order valence-electron chi connectivity index (χ2n) is 4.73. The summed E-state index contributed by atoms with van der Waals surface area (Å²) in [6.45, 7) is 0.182. The molecule has 2 aromatic rings. The molecule has 0 heterocycles. The molecule has 2 rings (SSSR count). The number of hydrogen-bond donors (Lipinski definition) is 1. The van der Waals surface area contributed by atoms with E-state index in [1.807, 2.05) is 0 Å². The molecule has 0 aliphatic heterocycles. The lowest BCUT2D eigenvalue weighted by Crippen LogP contribution is -2.13. The van der Waals surface area contributed by atoms with E-state index in [1.54, 1.807) is 12.1 Å². The number of benzene rings is 2. The number of para-hydroxylation sites is 2. The van der Waals surface area contributed by atoms with Gasteiger partial charge in [0.25, 0.3) is 0 Å². The minimum Gasteiger partial charge on any atom is -0.487 e. The van der Waals surface area contributed by atoms with Crippen molar-refractivity contribution in [3.63, 3.8) is 0 Å². The highest BCUT2D eigenvalue weighted by molar-refractivity contribution is 5.90. The van der Waals surface area contributed by atoms with Crippen LogP contribution in [0.15, 0.2) is 48.5 Å². The molecule has 0 fully saturated rings. The Morgan fingerprint density at radius 1 is 1.17 bits per heavy atom. The fourth-order valence-electron chi connectivity index (χ4n) is 1.90. The van der Waals surface area contributed by atoms with E-state index in [0.717, 1.165) is 0 Å². The summed E-state index contributed by atoms with van der Waals surface area (Å²) in [6, 6.07) is 11.5. The first-order valence-corrected chi connectivity index (χ1v) is 6.98. The van der Waals surface area contributed by atoms with Crippen molar-refractivity contribution < 1.29 is 18.8 Å². The minimum absolute atomic E-state index is 0.108. The molecular formula is C16H15FN2O4. The van der Waals surface area contributed by atoms with Crippen LogP contribution in [0, 0.1) is 15.9 Å². The molecule has 120 valence electrons. The zero-order valence-electron chi connectivity index (χ0n) is 12.2. The van der Waals surface area contributed by atoms with Gasteiger partial charge in [0.1, 0.15) is 5.82 Å². The second-order valence-corrected chi connectivity index (χ2v) is 4.73. The summed E-state index contributed by atoms with van der Waals surface area (Å²) in [5, 5.41) is 13.5. The molecule has 0 saturated carbocycles. The van der Waals surface area contributed by atoms with Crippen LogP contribution in [0.1, 0.15) is 12.8 Å². The predicted molar refractivity (Wildman–Crippen MR) is 82.9 cm³/mol. The number of halogens is 1. The Balaban J connectivity index is 1.76. The summed E-state index contributed by atoms with van der Waals surface area (Å²) < 4.78 is 18.1. The monoisotopic (exact) mass is 318 g/mol. The Bertz CT molecular complexity index is 689. The third-order valence-electron chi connectivity index (χ3n) is 3.00. The number of rotatable bonds is 7. The number of anilines is 1. The van der Waals surface area contributed by atoms with Crippen LogP contribution < -0.4 is 10.1 Å². The topological polar surface area (TPSA) is 81.5 Å². The molecule has 0 saturated heterocycles. The first kappa shape index (κ1) is 16.4. The molecule has 7 heteroatoms. The number of nitro benzene ring substituents is 1. The second kappa shape index (κ2) is 7.88. The third-order valence-corrected chi connectivity index (χ3v) is 3.00. The van der Waals surface area contributed by atoms with Gasteiger partial charge in [-0.3, -0.25) is 14.9 Å². The minimum atomic E-state index is -0.517. The molecule has 6 nitrogen and oxygen atoms in total. The Labute approximate surface area is 132 Å². The van der Waals surface area contributed by atoms with Crippen LogP contribution in [0.5, 0.6) is 5.75 Å². The van der Waals surface area contributed by atoms with Crippen LogP contribution in [-0.4, -0.2) is 17.4 Å².